The number of hydrogen-bond acceptors (Lipinski definition) is 2. The van der Waals surface area contributed by atoms with Crippen LogP contribution >= 0.6 is 0 Å². The number of carbonyl (C=O) groups is 1. The zero-order valence-electron chi connectivity index (χ0n) is 11.2. The van der Waals surface area contributed by atoms with Crippen LogP contribution in [0.3, 0.4) is 0 Å². The first-order valence-electron chi connectivity index (χ1n) is 6.13. The lowest BCUT2D eigenvalue weighted by Gasteiger charge is -2.17. The van der Waals surface area contributed by atoms with Crippen molar-refractivity contribution in [1.82, 2.24) is 0 Å². The Morgan fingerprint density at radius 2 is 1.76 bits per heavy atom. The second-order valence-electron chi connectivity index (χ2n) is 4.90. The van der Waals surface area contributed by atoms with Gasteiger partial charge in [0.25, 0.3) is 0 Å². The first-order valence-corrected chi connectivity index (χ1v) is 6.13. The van der Waals surface area contributed by atoms with Crippen molar-refractivity contribution in [3.05, 3.63) is 34.4 Å². The van der Waals surface area contributed by atoms with Gasteiger partial charge < -0.3 is 5.11 Å². The van der Waals surface area contributed by atoms with E-state index in [4.69, 9.17) is 5.11 Å². The van der Waals surface area contributed by atoms with Crippen LogP contribution in [0.15, 0.2) is 12.1 Å². The highest BCUT2D eigenvalue weighted by atomic mass is 16.3. The van der Waals surface area contributed by atoms with Crippen LogP contribution in [0, 0.1) is 26.7 Å². The molecule has 1 rings (SSSR count). The minimum Gasteiger partial charge on any atom is -0.396 e. The average Bonchev–Trinajstić information content (AvgIpc) is 2.21. The second kappa shape index (κ2) is 5.97. The molecule has 0 aliphatic heterocycles. The van der Waals surface area contributed by atoms with Crippen LogP contribution < -0.4 is 0 Å². The summed E-state index contributed by atoms with van der Waals surface area (Å²) in [6.07, 6.45) is 1.30. The van der Waals surface area contributed by atoms with E-state index in [-0.39, 0.29) is 18.3 Å². The first-order chi connectivity index (χ1) is 7.95. The maximum atomic E-state index is 11.5. The molecule has 1 unspecified atom stereocenters. The van der Waals surface area contributed by atoms with Crippen molar-refractivity contribution in [2.24, 2.45) is 5.92 Å². The van der Waals surface area contributed by atoms with Gasteiger partial charge >= 0.3 is 0 Å². The van der Waals surface area contributed by atoms with Crippen molar-refractivity contribution in [3.63, 3.8) is 0 Å². The fourth-order valence-corrected chi connectivity index (χ4v) is 2.38. The molecule has 1 atom stereocenters. The van der Waals surface area contributed by atoms with Crippen LogP contribution in [-0.4, -0.2) is 17.5 Å². The molecule has 0 amide bonds. The van der Waals surface area contributed by atoms with Gasteiger partial charge in [0.15, 0.2) is 0 Å². The van der Waals surface area contributed by atoms with E-state index in [2.05, 4.69) is 32.9 Å². The number of carbonyl (C=O) groups excluding carboxylic acids is 1. The molecule has 0 spiro atoms. The largest absolute Gasteiger partial charge is 0.396 e. The van der Waals surface area contributed by atoms with Gasteiger partial charge in [0, 0.05) is 12.5 Å². The molecule has 17 heavy (non-hydrogen) atoms. The smallest absolute Gasteiger partial charge is 0.133 e. The first kappa shape index (κ1) is 13.9. The predicted molar refractivity (Wildman–Crippen MR) is 70.2 cm³/mol. The van der Waals surface area contributed by atoms with E-state index in [0.717, 1.165) is 6.42 Å². The average molecular weight is 234 g/mol. The molecule has 0 aliphatic carbocycles. The van der Waals surface area contributed by atoms with E-state index in [1.54, 1.807) is 6.92 Å². The Balaban J connectivity index is 2.97. The van der Waals surface area contributed by atoms with E-state index < -0.39 is 0 Å². The standard InChI is InChI=1S/C15H22O2/c1-10-7-11(2)15(12(3)8-10)9-14(5-6-16)13(4)17/h7-8,14,16H,5-6,9H2,1-4H3. The number of hydrogen-bond donors (Lipinski definition) is 1. The lowest BCUT2D eigenvalue weighted by Crippen LogP contribution is -2.17. The highest BCUT2D eigenvalue weighted by molar-refractivity contribution is 5.78. The Morgan fingerprint density at radius 1 is 1.24 bits per heavy atom. The maximum absolute atomic E-state index is 11.5. The normalized spacial score (nSPS) is 12.5. The maximum Gasteiger partial charge on any atom is 0.133 e. The minimum absolute atomic E-state index is 0.0555. The molecular weight excluding hydrogens is 212 g/mol. The topological polar surface area (TPSA) is 37.3 Å². The van der Waals surface area contributed by atoms with Gasteiger partial charge in [-0.15, -0.1) is 0 Å². The summed E-state index contributed by atoms with van der Waals surface area (Å²) in [5.41, 5.74) is 4.99. The summed E-state index contributed by atoms with van der Waals surface area (Å²) >= 11 is 0. The van der Waals surface area contributed by atoms with Gasteiger partial charge in [-0.1, -0.05) is 17.7 Å². The summed E-state index contributed by atoms with van der Waals surface area (Å²) in [6.45, 7) is 7.95. The zero-order valence-corrected chi connectivity index (χ0v) is 11.2. The van der Waals surface area contributed by atoms with E-state index in [1.165, 1.54) is 22.3 Å². The van der Waals surface area contributed by atoms with Crippen LogP contribution in [0.4, 0.5) is 0 Å². The summed E-state index contributed by atoms with van der Waals surface area (Å²) in [5, 5.41) is 8.99. The molecule has 2 nitrogen and oxygen atoms in total. The third-order valence-corrected chi connectivity index (χ3v) is 3.34. The molecule has 0 saturated heterocycles. The van der Waals surface area contributed by atoms with Crippen molar-refractivity contribution in [3.8, 4) is 0 Å². The molecule has 0 aromatic heterocycles. The number of benzene rings is 1. The molecule has 0 bridgehead atoms. The summed E-state index contributed by atoms with van der Waals surface area (Å²) < 4.78 is 0. The molecule has 0 fully saturated rings. The van der Waals surface area contributed by atoms with E-state index >= 15 is 0 Å². The monoisotopic (exact) mass is 234 g/mol. The fraction of sp³-hybridized carbons (Fsp3) is 0.533. The molecule has 2 heteroatoms. The third-order valence-electron chi connectivity index (χ3n) is 3.34. The van der Waals surface area contributed by atoms with E-state index in [0.29, 0.717) is 6.42 Å². The van der Waals surface area contributed by atoms with Crippen LogP contribution in [0.1, 0.15) is 35.6 Å². The Hall–Kier alpha value is -1.15. The lowest BCUT2D eigenvalue weighted by atomic mass is 9.88. The summed E-state index contributed by atoms with van der Waals surface area (Å²) in [6, 6.07) is 4.30. The van der Waals surface area contributed by atoms with Gasteiger partial charge in [-0.2, -0.15) is 0 Å². The van der Waals surface area contributed by atoms with Crippen LogP contribution in [-0.2, 0) is 11.2 Å². The zero-order chi connectivity index (χ0) is 13.0. The molecule has 1 aromatic carbocycles. The van der Waals surface area contributed by atoms with E-state index in [1.807, 2.05) is 0 Å². The van der Waals surface area contributed by atoms with Crippen molar-refractivity contribution >= 4 is 5.78 Å². The second-order valence-corrected chi connectivity index (χ2v) is 4.90. The van der Waals surface area contributed by atoms with Gasteiger partial charge in [-0.05, 0) is 57.2 Å². The van der Waals surface area contributed by atoms with Gasteiger partial charge in [0.05, 0.1) is 0 Å². The molecule has 1 N–H and O–H groups in total. The van der Waals surface area contributed by atoms with Gasteiger partial charge in [-0.3, -0.25) is 4.79 Å². The lowest BCUT2D eigenvalue weighted by molar-refractivity contribution is -0.121. The molecule has 1 aromatic rings. The fourth-order valence-electron chi connectivity index (χ4n) is 2.38. The predicted octanol–water partition coefficient (Wildman–Crippen LogP) is 2.74. The number of aliphatic hydroxyl groups is 1. The highest BCUT2D eigenvalue weighted by Crippen LogP contribution is 2.21. The number of Topliss-reactive ketones (excluding diaryl/α,β-unsaturated/α-hetero) is 1. The highest BCUT2D eigenvalue weighted by Gasteiger charge is 2.16. The minimum atomic E-state index is -0.0555. The van der Waals surface area contributed by atoms with Gasteiger partial charge in [0.1, 0.15) is 5.78 Å². The van der Waals surface area contributed by atoms with Crippen molar-refractivity contribution < 1.29 is 9.90 Å². The summed E-state index contributed by atoms with van der Waals surface area (Å²) in [7, 11) is 0. The molecule has 0 aliphatic rings. The molecule has 0 heterocycles. The van der Waals surface area contributed by atoms with Crippen LogP contribution in [0.25, 0.3) is 0 Å². The number of ketones is 1. The molecule has 0 radical (unpaired) electrons. The molecular formula is C15H22O2. The van der Waals surface area contributed by atoms with Crippen molar-refractivity contribution in [1.29, 1.82) is 0 Å². The number of aryl methyl sites for hydroxylation is 3. The van der Waals surface area contributed by atoms with Crippen molar-refractivity contribution in [2.75, 3.05) is 6.61 Å². The Morgan fingerprint density at radius 3 is 2.18 bits per heavy atom. The van der Waals surface area contributed by atoms with Gasteiger partial charge in [0.2, 0.25) is 0 Å². The van der Waals surface area contributed by atoms with E-state index in [9.17, 15) is 4.79 Å². The number of rotatable bonds is 5. The Bertz CT molecular complexity index is 384. The quantitative estimate of drug-likeness (QED) is 0.850. The number of aliphatic hydroxyl groups excluding tert-OH is 1. The van der Waals surface area contributed by atoms with Crippen molar-refractivity contribution in [2.45, 2.75) is 40.5 Å². The van der Waals surface area contributed by atoms with Gasteiger partial charge in [-0.25, -0.2) is 0 Å². The van der Waals surface area contributed by atoms with Crippen LogP contribution in [0.5, 0.6) is 0 Å². The Kier molecular flexibility index (Phi) is 4.88. The summed E-state index contributed by atoms with van der Waals surface area (Å²) in [5.74, 6) is 0.110. The Labute approximate surface area is 104 Å². The molecule has 94 valence electrons. The summed E-state index contributed by atoms with van der Waals surface area (Å²) in [4.78, 5) is 11.5. The third kappa shape index (κ3) is 3.67. The SMILES string of the molecule is CC(=O)C(CCO)Cc1c(C)cc(C)cc1C. The van der Waals surface area contributed by atoms with Crippen LogP contribution in [0.2, 0.25) is 0 Å². The molecule has 0 saturated carbocycles.